The average molecular weight is 375 g/mol. The third-order valence-corrected chi connectivity index (χ3v) is 4.43. The molecule has 1 unspecified atom stereocenters. The van der Waals surface area contributed by atoms with Gasteiger partial charge in [-0.25, -0.2) is 18.1 Å². The molecule has 0 fully saturated rings. The van der Waals surface area contributed by atoms with Crippen molar-refractivity contribution in [2.45, 2.75) is 38.6 Å². The third kappa shape index (κ3) is 3.49. The van der Waals surface area contributed by atoms with Crippen molar-refractivity contribution in [1.82, 2.24) is 14.5 Å². The van der Waals surface area contributed by atoms with E-state index in [0.717, 1.165) is 6.07 Å². The van der Waals surface area contributed by atoms with E-state index in [9.17, 15) is 13.6 Å². The lowest BCUT2D eigenvalue weighted by molar-refractivity contribution is -0.116. The fourth-order valence-corrected chi connectivity index (χ4v) is 3.14. The van der Waals surface area contributed by atoms with Gasteiger partial charge in [-0.3, -0.25) is 10.2 Å². The number of benzene rings is 1. The topological polar surface area (TPSA) is 51.9 Å². The molecule has 2 aromatic rings. The van der Waals surface area contributed by atoms with Gasteiger partial charge in [0.15, 0.2) is 0 Å². The highest BCUT2D eigenvalue weighted by atomic mass is 35.5. The first-order chi connectivity index (χ1) is 11.0. The number of halogens is 3. The molecule has 9 heteroatoms. The lowest BCUT2D eigenvalue weighted by Crippen LogP contribution is -2.24. The molecule has 5 nitrogen and oxygen atoms in total. The second-order valence-electron chi connectivity index (χ2n) is 5.54. The van der Waals surface area contributed by atoms with Crippen LogP contribution in [0.5, 0.6) is 0 Å². The second-order valence-corrected chi connectivity index (χ2v) is 5.90. The zero-order valence-corrected chi connectivity index (χ0v) is 14.6. The van der Waals surface area contributed by atoms with Crippen molar-refractivity contribution in [2.75, 3.05) is 5.43 Å². The lowest BCUT2D eigenvalue weighted by atomic mass is 9.88. The Labute approximate surface area is 149 Å². The maximum absolute atomic E-state index is 13.8. The molecular formula is C15H17ClF2N4OS. The van der Waals surface area contributed by atoms with Crippen LogP contribution in [0.1, 0.15) is 36.9 Å². The normalized spacial score (nSPS) is 16.2. The summed E-state index contributed by atoms with van der Waals surface area (Å²) in [4.78, 5) is 11.5. The fourth-order valence-electron chi connectivity index (χ4n) is 2.85. The van der Waals surface area contributed by atoms with Gasteiger partial charge in [0.1, 0.15) is 18.0 Å². The maximum atomic E-state index is 13.8. The molecule has 0 bridgehead atoms. The summed E-state index contributed by atoms with van der Waals surface area (Å²) in [5.41, 5.74) is 3.84. The van der Waals surface area contributed by atoms with Gasteiger partial charge in [-0.15, -0.1) is 12.4 Å². The molecule has 1 aliphatic carbocycles. The Bertz CT molecular complexity index is 820. The Morgan fingerprint density at radius 3 is 2.92 bits per heavy atom. The monoisotopic (exact) mass is 374 g/mol. The van der Waals surface area contributed by atoms with Crippen molar-refractivity contribution in [3.63, 3.8) is 0 Å². The van der Waals surface area contributed by atoms with Gasteiger partial charge in [0.25, 0.3) is 0 Å². The van der Waals surface area contributed by atoms with Crippen LogP contribution in [0.2, 0.25) is 0 Å². The molecule has 1 atom stereocenters. The first kappa shape index (κ1) is 18.5. The van der Waals surface area contributed by atoms with Crippen LogP contribution < -0.4 is 5.43 Å². The minimum absolute atomic E-state index is 0. The summed E-state index contributed by atoms with van der Waals surface area (Å²) in [5, 5.41) is 4.22. The van der Waals surface area contributed by atoms with E-state index < -0.39 is 11.6 Å². The van der Waals surface area contributed by atoms with E-state index in [0.29, 0.717) is 41.6 Å². The Hall–Kier alpha value is -1.80. The molecule has 1 aromatic heterocycles. The van der Waals surface area contributed by atoms with E-state index in [1.165, 1.54) is 17.1 Å². The van der Waals surface area contributed by atoms with Crippen molar-refractivity contribution >= 4 is 30.5 Å². The predicted molar refractivity (Wildman–Crippen MR) is 90.4 cm³/mol. The zero-order valence-electron chi connectivity index (χ0n) is 13.0. The van der Waals surface area contributed by atoms with Crippen LogP contribution in [-0.4, -0.2) is 20.4 Å². The van der Waals surface area contributed by atoms with Crippen molar-refractivity contribution < 1.29 is 13.6 Å². The van der Waals surface area contributed by atoms with Crippen LogP contribution in [0.4, 0.5) is 8.78 Å². The summed E-state index contributed by atoms with van der Waals surface area (Å²) in [6.45, 7) is 1.74. The van der Waals surface area contributed by atoms with E-state index in [2.05, 4.69) is 10.5 Å². The molecule has 0 saturated carbocycles. The van der Waals surface area contributed by atoms with E-state index in [4.69, 9.17) is 12.2 Å². The van der Waals surface area contributed by atoms with Gasteiger partial charge < -0.3 is 0 Å². The third-order valence-electron chi connectivity index (χ3n) is 4.04. The summed E-state index contributed by atoms with van der Waals surface area (Å²) >= 11 is 5.32. The van der Waals surface area contributed by atoms with Crippen LogP contribution >= 0.6 is 24.6 Å². The summed E-state index contributed by atoms with van der Waals surface area (Å²) < 4.78 is 30.6. The number of nitrogens with zero attached hydrogens (tertiary/aromatic N) is 3. The largest absolute Gasteiger partial charge is 0.273 e. The van der Waals surface area contributed by atoms with Gasteiger partial charge >= 0.3 is 0 Å². The number of hydrogen-bond acceptors (Lipinski definition) is 3. The van der Waals surface area contributed by atoms with Gasteiger partial charge in [-0.1, -0.05) is 6.92 Å². The van der Waals surface area contributed by atoms with Crippen LogP contribution in [-0.2, 0) is 17.6 Å². The molecule has 0 spiro atoms. The average Bonchev–Trinajstić information content (AvgIpc) is 2.87. The Morgan fingerprint density at radius 2 is 2.21 bits per heavy atom. The van der Waals surface area contributed by atoms with Crippen molar-refractivity contribution in [2.24, 2.45) is 0 Å². The zero-order chi connectivity index (χ0) is 16.6. The molecular weight excluding hydrogens is 358 g/mol. The van der Waals surface area contributed by atoms with Crippen LogP contribution in [0.25, 0.3) is 0 Å². The van der Waals surface area contributed by atoms with Crippen LogP contribution in [0, 0.1) is 16.4 Å². The fraction of sp³-hybridized carbons (Fsp3) is 0.400. The summed E-state index contributed by atoms with van der Waals surface area (Å²) in [7, 11) is 0. The molecule has 1 aromatic carbocycles. The van der Waals surface area contributed by atoms with E-state index in [1.54, 1.807) is 11.6 Å². The number of aromatic nitrogens is 3. The molecule has 1 heterocycles. The molecule has 1 amide bonds. The number of carbonyl (C=O) groups is 1. The Balaban J connectivity index is 0.00000208. The maximum Gasteiger partial charge on any atom is 0.238 e. The molecule has 0 saturated heterocycles. The predicted octanol–water partition coefficient (Wildman–Crippen LogP) is 3.32. The number of fused-ring (bicyclic) bond motifs is 1. The molecule has 1 aliphatic rings. The van der Waals surface area contributed by atoms with Gasteiger partial charge in [-0.2, -0.15) is 5.10 Å². The summed E-state index contributed by atoms with van der Waals surface area (Å²) in [6.07, 6.45) is 3.39. The smallest absolute Gasteiger partial charge is 0.238 e. The number of nitrogens with one attached hydrogen (secondary N) is 1. The van der Waals surface area contributed by atoms with Gasteiger partial charge in [0.05, 0.1) is 6.04 Å². The van der Waals surface area contributed by atoms with Gasteiger partial charge in [0, 0.05) is 12.5 Å². The van der Waals surface area contributed by atoms with Gasteiger partial charge in [0.2, 0.25) is 10.7 Å². The molecule has 24 heavy (non-hydrogen) atoms. The molecule has 0 radical (unpaired) electrons. The number of rotatable bonds is 3. The molecule has 130 valence electrons. The van der Waals surface area contributed by atoms with Gasteiger partial charge in [-0.05, 0) is 48.7 Å². The Morgan fingerprint density at radius 1 is 1.46 bits per heavy atom. The SMILES string of the molecule is CCC(=O)Nn1cnn(C2CCc3c(F)cc(F)cc3C2)c1=S.Cl. The lowest BCUT2D eigenvalue weighted by Gasteiger charge is -2.25. The number of amides is 1. The minimum atomic E-state index is -0.578. The number of carbonyl (C=O) groups excluding carboxylic acids is 1. The first-order valence-corrected chi connectivity index (χ1v) is 7.83. The van der Waals surface area contributed by atoms with E-state index in [1.807, 2.05) is 0 Å². The van der Waals surface area contributed by atoms with Crippen molar-refractivity contribution in [3.05, 3.63) is 46.0 Å². The second kappa shape index (κ2) is 7.40. The highest BCUT2D eigenvalue weighted by Crippen LogP contribution is 2.30. The van der Waals surface area contributed by atoms with E-state index in [-0.39, 0.29) is 24.4 Å². The molecule has 1 N–H and O–H groups in total. The molecule has 0 aliphatic heterocycles. The highest BCUT2D eigenvalue weighted by molar-refractivity contribution is 7.71. The van der Waals surface area contributed by atoms with Crippen molar-refractivity contribution in [1.29, 1.82) is 0 Å². The summed E-state index contributed by atoms with van der Waals surface area (Å²) in [6, 6.07) is 2.19. The van der Waals surface area contributed by atoms with Crippen LogP contribution in [0.3, 0.4) is 0 Å². The molecule has 3 rings (SSSR count). The highest BCUT2D eigenvalue weighted by Gasteiger charge is 2.25. The standard InChI is InChI=1S/C15H16F2N4OS.ClH/c1-2-14(22)19-20-8-18-21(15(20)23)11-3-4-12-9(6-11)5-10(16)7-13(12)17;/h5,7-8,11H,2-4,6H2,1H3,(H,19,22);1H. The van der Waals surface area contributed by atoms with Crippen LogP contribution in [0.15, 0.2) is 18.5 Å². The van der Waals surface area contributed by atoms with E-state index >= 15 is 0 Å². The quantitative estimate of drug-likeness (QED) is 0.838. The first-order valence-electron chi connectivity index (χ1n) is 7.42. The minimum Gasteiger partial charge on any atom is -0.273 e. The van der Waals surface area contributed by atoms with Crippen molar-refractivity contribution in [3.8, 4) is 0 Å². The number of hydrogen-bond donors (Lipinski definition) is 1. The summed E-state index contributed by atoms with van der Waals surface area (Å²) in [5.74, 6) is -1.24. The Kier molecular flexibility index (Phi) is 5.71.